The number of fused-ring (bicyclic) bond motifs is 1. The molecule has 3 fully saturated rings. The molecule has 0 aliphatic carbocycles. The van der Waals surface area contributed by atoms with Gasteiger partial charge in [0.1, 0.15) is 89.8 Å². The smallest absolute Gasteiger partial charge is 0.330 e. The molecule has 7 rings (SSSR count). The molecule has 3 aliphatic rings. The summed E-state index contributed by atoms with van der Waals surface area (Å²) in [5, 5.41) is 117. The maximum absolute atomic E-state index is 14.6. The summed E-state index contributed by atoms with van der Waals surface area (Å²) in [6.07, 6.45) is -23.0. The lowest BCUT2D eigenvalue weighted by Gasteiger charge is -2.45. The minimum atomic E-state index is -2.07. The van der Waals surface area contributed by atoms with Gasteiger partial charge in [-0.1, -0.05) is 0 Å². The van der Waals surface area contributed by atoms with Gasteiger partial charge in [0.2, 0.25) is 29.5 Å². The van der Waals surface area contributed by atoms with Gasteiger partial charge in [0.05, 0.1) is 26.4 Å². The van der Waals surface area contributed by atoms with Crippen molar-refractivity contribution >= 4 is 23.0 Å². The number of phenolic OH excluding ortho intramolecular Hbond substituents is 3. The maximum Gasteiger partial charge on any atom is 0.330 e. The molecular formula is C44H50O23. The van der Waals surface area contributed by atoms with Crippen LogP contribution in [0.1, 0.15) is 19.4 Å². The third-order valence-electron chi connectivity index (χ3n) is 11.4. The molecule has 3 saturated heterocycles. The van der Waals surface area contributed by atoms with Gasteiger partial charge in [-0.15, -0.1) is 0 Å². The summed E-state index contributed by atoms with van der Waals surface area (Å²) in [6, 6.07) is 10.0. The molecule has 1 aromatic heterocycles. The highest BCUT2D eigenvalue weighted by atomic mass is 16.8. The molecule has 7 unspecified atom stereocenters. The van der Waals surface area contributed by atoms with Crippen LogP contribution >= 0.6 is 0 Å². The molecule has 15 atom stereocenters. The van der Waals surface area contributed by atoms with Crippen LogP contribution in [-0.2, 0) is 28.5 Å². The first-order chi connectivity index (χ1) is 31.8. The molecule has 4 aromatic rings. The van der Waals surface area contributed by atoms with Gasteiger partial charge in [0.15, 0.2) is 29.7 Å². The summed E-state index contributed by atoms with van der Waals surface area (Å²) >= 11 is 0. The summed E-state index contributed by atoms with van der Waals surface area (Å²) in [4.78, 5) is 27.5. The fourth-order valence-corrected chi connectivity index (χ4v) is 7.55. The number of hydrogen-bond acceptors (Lipinski definition) is 23. The molecule has 0 amide bonds. The Hall–Kier alpha value is -5.80. The second-order valence-electron chi connectivity index (χ2n) is 15.9. The number of benzene rings is 3. The zero-order chi connectivity index (χ0) is 48.6. The molecule has 23 heteroatoms. The van der Waals surface area contributed by atoms with Crippen LogP contribution in [0.25, 0.3) is 28.4 Å². The maximum atomic E-state index is 14.6. The summed E-state index contributed by atoms with van der Waals surface area (Å²) in [6.45, 7) is 2.01. The van der Waals surface area contributed by atoms with Crippen LogP contribution < -0.4 is 24.4 Å². The van der Waals surface area contributed by atoms with Gasteiger partial charge in [0.25, 0.3) is 0 Å². The van der Waals surface area contributed by atoms with Crippen molar-refractivity contribution in [2.24, 2.45) is 0 Å². The number of esters is 1. The van der Waals surface area contributed by atoms with Crippen LogP contribution in [0.15, 0.2) is 63.8 Å². The number of methoxy groups -OCH3 is 2. The number of phenols is 3. The molecule has 67 heavy (non-hydrogen) atoms. The van der Waals surface area contributed by atoms with Gasteiger partial charge in [-0.25, -0.2) is 4.79 Å². The largest absolute Gasteiger partial charge is 0.508 e. The van der Waals surface area contributed by atoms with Crippen molar-refractivity contribution in [1.29, 1.82) is 0 Å². The van der Waals surface area contributed by atoms with E-state index in [9.17, 15) is 65.8 Å². The van der Waals surface area contributed by atoms with Crippen LogP contribution in [0.3, 0.4) is 0 Å². The van der Waals surface area contributed by atoms with Crippen molar-refractivity contribution in [1.82, 2.24) is 0 Å². The van der Waals surface area contributed by atoms with E-state index in [0.717, 1.165) is 18.2 Å². The van der Waals surface area contributed by atoms with Crippen molar-refractivity contribution in [3.63, 3.8) is 0 Å². The lowest BCUT2D eigenvalue weighted by molar-refractivity contribution is -0.354. The van der Waals surface area contributed by atoms with Gasteiger partial charge >= 0.3 is 5.97 Å². The Labute approximate surface area is 379 Å². The Kier molecular flexibility index (Phi) is 14.8. The molecule has 0 radical (unpaired) electrons. The predicted molar refractivity (Wildman–Crippen MR) is 224 cm³/mol. The normalized spacial score (nSPS) is 32.2. The van der Waals surface area contributed by atoms with Gasteiger partial charge < -0.3 is 103 Å². The minimum absolute atomic E-state index is 0.0427. The second kappa shape index (κ2) is 20.2. The molecule has 0 bridgehead atoms. The number of aliphatic hydroxyl groups is 8. The third-order valence-corrected chi connectivity index (χ3v) is 11.4. The molecule has 0 spiro atoms. The van der Waals surface area contributed by atoms with Crippen LogP contribution in [-0.4, -0.2) is 175 Å². The first-order valence-corrected chi connectivity index (χ1v) is 20.6. The lowest BCUT2D eigenvalue weighted by atomic mass is 9.97. The van der Waals surface area contributed by atoms with Crippen LogP contribution in [0, 0.1) is 0 Å². The van der Waals surface area contributed by atoms with E-state index in [1.54, 1.807) is 0 Å². The summed E-state index contributed by atoms with van der Waals surface area (Å²) < 4.78 is 56.6. The zero-order valence-electron chi connectivity index (χ0n) is 36.0. The number of aromatic hydroxyl groups is 3. The molecule has 0 saturated carbocycles. The molecule has 23 nitrogen and oxygen atoms in total. The third kappa shape index (κ3) is 10.1. The predicted octanol–water partition coefficient (Wildman–Crippen LogP) is -0.905. The Morgan fingerprint density at radius 1 is 0.687 bits per heavy atom. The van der Waals surface area contributed by atoms with Crippen molar-refractivity contribution < 1.29 is 108 Å². The van der Waals surface area contributed by atoms with Crippen LogP contribution in [0.2, 0.25) is 0 Å². The number of carbonyl (C=O) groups is 1. The zero-order valence-corrected chi connectivity index (χ0v) is 36.0. The first kappa shape index (κ1) is 49.1. The van der Waals surface area contributed by atoms with E-state index in [2.05, 4.69) is 0 Å². The van der Waals surface area contributed by atoms with Crippen molar-refractivity contribution in [2.45, 2.75) is 106 Å². The fraction of sp³-hybridized carbons (Fsp3) is 0.455. The lowest BCUT2D eigenvalue weighted by Crippen LogP contribution is -2.64. The number of ether oxygens (including phenoxy) is 9. The second-order valence-corrected chi connectivity index (χ2v) is 15.9. The Balaban J connectivity index is 1.23. The number of hydrogen-bond donors (Lipinski definition) is 11. The standard InChI is InChI=1S/C44H50O23/c1-16-29(48)34(53)37(56)42(61-16)63-21-13-22(46)28-23(14-21)64-39(19-6-8-20(45)9-7-19)40(33(28)52)66-44-41(67-43-38(57)35(54)30(49)17(2)62-43)36(55)32(51)26(65-44)15-60-27(47)10-5-18-11-24(58-3)31(50)25(12-18)59-4/h5-14,16-17,26,29-30,32,34-38,41-46,48-51,53-57H,15H2,1-4H3/b10-5+/t16?,17?,26?,29-,30-,32+,34?,35?,36?,37-,38-,41-,42-,43?,44-/m0/s1. The van der Waals surface area contributed by atoms with Gasteiger partial charge in [-0.3, -0.25) is 4.79 Å². The van der Waals surface area contributed by atoms with Crippen molar-refractivity contribution in [3.8, 4) is 51.6 Å². The Morgan fingerprint density at radius 2 is 1.28 bits per heavy atom. The number of carbonyl (C=O) groups excluding carboxylic acids is 1. The molecular weight excluding hydrogens is 896 g/mol. The van der Waals surface area contributed by atoms with Gasteiger partial charge in [-0.05, 0) is 61.9 Å². The van der Waals surface area contributed by atoms with Crippen molar-refractivity contribution in [3.05, 3.63) is 70.4 Å². The van der Waals surface area contributed by atoms with Crippen molar-refractivity contribution in [2.75, 3.05) is 20.8 Å². The Bertz CT molecular complexity index is 2450. The summed E-state index contributed by atoms with van der Waals surface area (Å²) in [5.74, 6) is -3.50. The van der Waals surface area contributed by atoms with Gasteiger partial charge in [-0.2, -0.15) is 0 Å². The molecule has 3 aromatic carbocycles. The molecule has 11 N–H and O–H groups in total. The van der Waals surface area contributed by atoms with Crippen LogP contribution in [0.5, 0.6) is 40.2 Å². The topological polar surface area (TPSA) is 353 Å². The van der Waals surface area contributed by atoms with Gasteiger partial charge in [0, 0.05) is 23.8 Å². The van der Waals surface area contributed by atoms with E-state index in [1.807, 2.05) is 0 Å². The fourth-order valence-electron chi connectivity index (χ4n) is 7.55. The summed E-state index contributed by atoms with van der Waals surface area (Å²) in [5.41, 5.74) is -1.01. The average Bonchev–Trinajstić information content (AvgIpc) is 3.30. The van der Waals surface area contributed by atoms with E-state index in [4.69, 9.17) is 47.0 Å². The highest BCUT2D eigenvalue weighted by molar-refractivity contribution is 5.89. The quantitative estimate of drug-likeness (QED) is 0.0571. The van der Waals surface area contributed by atoms with E-state index in [1.165, 1.54) is 70.5 Å². The number of aliphatic hydroxyl groups excluding tert-OH is 8. The van der Waals surface area contributed by atoms with E-state index < -0.39 is 133 Å². The molecule has 364 valence electrons. The highest BCUT2D eigenvalue weighted by Gasteiger charge is 2.52. The summed E-state index contributed by atoms with van der Waals surface area (Å²) in [7, 11) is 2.62. The number of rotatable bonds is 13. The average molecular weight is 947 g/mol. The monoisotopic (exact) mass is 946 g/mol. The highest BCUT2D eigenvalue weighted by Crippen LogP contribution is 2.40. The van der Waals surface area contributed by atoms with E-state index in [0.29, 0.717) is 5.56 Å². The van der Waals surface area contributed by atoms with E-state index in [-0.39, 0.29) is 39.9 Å². The minimum Gasteiger partial charge on any atom is -0.508 e. The first-order valence-electron chi connectivity index (χ1n) is 20.6. The SMILES string of the molecule is COc1cc(/C=C/C(=O)OCC2O[C@@H](Oc3c(-c4ccc(O)cc4)oc4cc(O[C@@H]5OC(C)[C@H](O)C(O)[C@@H]5O)cc(O)c4c3=O)[C@@H](OC3OC(C)[C@H](O)C(O)[C@@H]3O)C(O)[C@@H]2O)cc(OC)c1O. The Morgan fingerprint density at radius 3 is 1.90 bits per heavy atom. The van der Waals surface area contributed by atoms with Crippen LogP contribution in [0.4, 0.5) is 0 Å². The molecule has 3 aliphatic heterocycles. The van der Waals surface area contributed by atoms with E-state index >= 15 is 0 Å². The molecule has 4 heterocycles.